The molecule has 1 amide bonds. The predicted molar refractivity (Wildman–Crippen MR) is 84.6 cm³/mol. The number of likely N-dealkylation sites (tertiary alicyclic amines) is 1. The van der Waals surface area contributed by atoms with Crippen LogP contribution in [0, 0.1) is 5.92 Å². The first-order valence-corrected chi connectivity index (χ1v) is 7.38. The van der Waals surface area contributed by atoms with Crippen LogP contribution in [0.4, 0.5) is 5.69 Å². The molecular weight excluding hydrogens is 284 g/mol. The van der Waals surface area contributed by atoms with Crippen LogP contribution in [0.3, 0.4) is 0 Å². The normalized spacial score (nSPS) is 18.2. The summed E-state index contributed by atoms with van der Waals surface area (Å²) in [5.41, 5.74) is 0.675. The lowest BCUT2D eigenvalue weighted by molar-refractivity contribution is -0.117. The maximum absolute atomic E-state index is 12.2. The van der Waals surface area contributed by atoms with Crippen LogP contribution in [0.15, 0.2) is 18.2 Å². The van der Waals surface area contributed by atoms with E-state index in [0.29, 0.717) is 29.6 Å². The van der Waals surface area contributed by atoms with Crippen LogP contribution in [-0.4, -0.2) is 58.4 Å². The molecular formula is C16H24N2O4. The zero-order chi connectivity index (χ0) is 15.9. The van der Waals surface area contributed by atoms with E-state index in [1.807, 2.05) is 0 Å². The van der Waals surface area contributed by atoms with Gasteiger partial charge in [0.2, 0.25) is 5.91 Å². The number of hydrogen-bond donors (Lipinski definition) is 1. The summed E-state index contributed by atoms with van der Waals surface area (Å²) in [5, 5.41) is 2.89. The Morgan fingerprint density at radius 1 is 1.23 bits per heavy atom. The van der Waals surface area contributed by atoms with Gasteiger partial charge in [0.05, 0.1) is 27.4 Å². The van der Waals surface area contributed by atoms with E-state index in [-0.39, 0.29) is 5.91 Å². The van der Waals surface area contributed by atoms with Crippen molar-refractivity contribution in [3.63, 3.8) is 0 Å². The minimum atomic E-state index is -0.0339. The Morgan fingerprint density at radius 3 is 2.50 bits per heavy atom. The molecule has 1 fully saturated rings. The molecule has 6 heteroatoms. The third kappa shape index (κ3) is 4.61. The number of hydrogen-bond acceptors (Lipinski definition) is 5. The number of anilines is 1. The van der Waals surface area contributed by atoms with Gasteiger partial charge in [-0.2, -0.15) is 0 Å². The van der Waals surface area contributed by atoms with E-state index < -0.39 is 0 Å². The van der Waals surface area contributed by atoms with Crippen molar-refractivity contribution in [1.29, 1.82) is 0 Å². The van der Waals surface area contributed by atoms with Gasteiger partial charge in [0.15, 0.2) is 0 Å². The first-order chi connectivity index (χ1) is 10.6. The fraction of sp³-hybridized carbons (Fsp3) is 0.562. The fourth-order valence-corrected chi connectivity index (χ4v) is 2.71. The van der Waals surface area contributed by atoms with E-state index in [9.17, 15) is 4.79 Å². The molecule has 6 nitrogen and oxygen atoms in total. The van der Waals surface area contributed by atoms with Crippen molar-refractivity contribution in [3.05, 3.63) is 18.2 Å². The Morgan fingerprint density at radius 2 is 1.91 bits per heavy atom. The first-order valence-electron chi connectivity index (χ1n) is 7.38. The average Bonchev–Trinajstić information content (AvgIpc) is 2.94. The second kappa shape index (κ2) is 8.00. The SMILES string of the molecule is COC[C@@H]1CCN(CC(=O)Nc2cc(OC)cc(OC)c2)C1. The number of nitrogens with zero attached hydrogens (tertiary/aromatic N) is 1. The topological polar surface area (TPSA) is 60.0 Å². The molecule has 122 valence electrons. The van der Waals surface area contributed by atoms with Crippen LogP contribution in [0.2, 0.25) is 0 Å². The van der Waals surface area contributed by atoms with E-state index in [2.05, 4.69) is 10.2 Å². The molecule has 22 heavy (non-hydrogen) atoms. The summed E-state index contributed by atoms with van der Waals surface area (Å²) in [7, 11) is 4.88. The smallest absolute Gasteiger partial charge is 0.238 e. The van der Waals surface area contributed by atoms with Crippen molar-refractivity contribution < 1.29 is 19.0 Å². The molecule has 0 saturated carbocycles. The number of methoxy groups -OCH3 is 3. The fourth-order valence-electron chi connectivity index (χ4n) is 2.71. The number of nitrogens with one attached hydrogen (secondary N) is 1. The highest BCUT2D eigenvalue weighted by Crippen LogP contribution is 2.25. The number of carbonyl (C=O) groups excluding carboxylic acids is 1. The molecule has 1 aliphatic heterocycles. The molecule has 1 N–H and O–H groups in total. The molecule has 1 aromatic carbocycles. The Kier molecular flexibility index (Phi) is 6.03. The lowest BCUT2D eigenvalue weighted by atomic mass is 10.1. The maximum Gasteiger partial charge on any atom is 0.238 e. The standard InChI is InChI=1S/C16H24N2O4/c1-20-11-12-4-5-18(9-12)10-16(19)17-13-6-14(21-2)8-15(7-13)22-3/h6-8,12H,4-5,9-11H2,1-3H3,(H,17,19)/t12-/m1/s1. The maximum atomic E-state index is 12.2. The Bertz CT molecular complexity index is 485. The highest BCUT2D eigenvalue weighted by molar-refractivity contribution is 5.92. The molecule has 0 radical (unpaired) electrons. The van der Waals surface area contributed by atoms with Gasteiger partial charge < -0.3 is 19.5 Å². The van der Waals surface area contributed by atoms with Crippen molar-refractivity contribution in [2.24, 2.45) is 5.92 Å². The molecule has 0 unspecified atom stereocenters. The molecule has 0 aromatic heterocycles. The molecule has 1 saturated heterocycles. The number of benzene rings is 1. The monoisotopic (exact) mass is 308 g/mol. The van der Waals surface area contributed by atoms with Crippen LogP contribution >= 0.6 is 0 Å². The Balaban J connectivity index is 1.89. The lowest BCUT2D eigenvalue weighted by Crippen LogP contribution is -2.32. The van der Waals surface area contributed by atoms with Gasteiger partial charge in [-0.1, -0.05) is 0 Å². The highest BCUT2D eigenvalue weighted by atomic mass is 16.5. The van der Waals surface area contributed by atoms with Crippen molar-refractivity contribution >= 4 is 11.6 Å². The third-order valence-corrected chi connectivity index (χ3v) is 3.77. The molecule has 0 aliphatic carbocycles. The summed E-state index contributed by atoms with van der Waals surface area (Å²) in [5.74, 6) is 1.79. The number of amides is 1. The zero-order valence-electron chi connectivity index (χ0n) is 13.4. The van der Waals surface area contributed by atoms with Gasteiger partial charge in [-0.25, -0.2) is 0 Å². The van der Waals surface area contributed by atoms with Crippen molar-refractivity contribution in [3.8, 4) is 11.5 Å². The summed E-state index contributed by atoms with van der Waals surface area (Å²) >= 11 is 0. The molecule has 0 spiro atoms. The van der Waals surface area contributed by atoms with E-state index >= 15 is 0 Å². The molecule has 0 bridgehead atoms. The molecule has 2 rings (SSSR count). The molecule has 1 aromatic rings. The Hall–Kier alpha value is -1.79. The van der Waals surface area contributed by atoms with Crippen LogP contribution in [0.25, 0.3) is 0 Å². The van der Waals surface area contributed by atoms with Crippen LogP contribution in [-0.2, 0) is 9.53 Å². The highest BCUT2D eigenvalue weighted by Gasteiger charge is 2.23. The summed E-state index contributed by atoms with van der Waals surface area (Å²) in [4.78, 5) is 14.3. The summed E-state index contributed by atoms with van der Waals surface area (Å²) < 4.78 is 15.6. The van der Waals surface area contributed by atoms with Gasteiger partial charge in [0.1, 0.15) is 11.5 Å². The molecule has 1 atom stereocenters. The van der Waals surface area contributed by atoms with Crippen molar-refractivity contribution in [2.75, 3.05) is 52.9 Å². The third-order valence-electron chi connectivity index (χ3n) is 3.77. The van der Waals surface area contributed by atoms with Gasteiger partial charge in [0, 0.05) is 37.5 Å². The predicted octanol–water partition coefficient (Wildman–Crippen LogP) is 1.61. The van der Waals surface area contributed by atoms with Gasteiger partial charge in [-0.3, -0.25) is 9.69 Å². The van der Waals surface area contributed by atoms with Crippen LogP contribution in [0.5, 0.6) is 11.5 Å². The second-order valence-corrected chi connectivity index (χ2v) is 5.49. The van der Waals surface area contributed by atoms with E-state index in [1.165, 1.54) is 0 Å². The summed E-state index contributed by atoms with van der Waals surface area (Å²) in [6.07, 6.45) is 1.08. The largest absolute Gasteiger partial charge is 0.497 e. The quantitative estimate of drug-likeness (QED) is 0.829. The van der Waals surface area contributed by atoms with Gasteiger partial charge in [-0.15, -0.1) is 0 Å². The van der Waals surface area contributed by atoms with E-state index in [4.69, 9.17) is 14.2 Å². The minimum Gasteiger partial charge on any atom is -0.497 e. The number of carbonyl (C=O) groups is 1. The number of ether oxygens (including phenoxy) is 3. The van der Waals surface area contributed by atoms with Gasteiger partial charge >= 0.3 is 0 Å². The van der Waals surface area contributed by atoms with Gasteiger partial charge in [0.25, 0.3) is 0 Å². The molecule has 1 aliphatic rings. The summed E-state index contributed by atoms with van der Waals surface area (Å²) in [6.45, 7) is 2.98. The van der Waals surface area contributed by atoms with E-state index in [0.717, 1.165) is 26.1 Å². The Labute approximate surface area is 131 Å². The summed E-state index contributed by atoms with van der Waals surface area (Å²) in [6, 6.07) is 5.32. The average molecular weight is 308 g/mol. The number of rotatable bonds is 7. The van der Waals surface area contributed by atoms with Crippen molar-refractivity contribution in [1.82, 2.24) is 4.90 Å². The second-order valence-electron chi connectivity index (χ2n) is 5.49. The van der Waals surface area contributed by atoms with E-state index in [1.54, 1.807) is 39.5 Å². The van der Waals surface area contributed by atoms with Gasteiger partial charge in [-0.05, 0) is 18.9 Å². The molecule has 1 heterocycles. The van der Waals surface area contributed by atoms with Crippen LogP contribution in [0.1, 0.15) is 6.42 Å². The minimum absolute atomic E-state index is 0.0339. The lowest BCUT2D eigenvalue weighted by Gasteiger charge is -2.16. The van der Waals surface area contributed by atoms with Crippen molar-refractivity contribution in [2.45, 2.75) is 6.42 Å². The first kappa shape index (κ1) is 16.6. The van der Waals surface area contributed by atoms with Crippen LogP contribution < -0.4 is 14.8 Å². The zero-order valence-corrected chi connectivity index (χ0v) is 13.4.